The van der Waals surface area contributed by atoms with Gasteiger partial charge in [-0.1, -0.05) is 43.5 Å². The van der Waals surface area contributed by atoms with Gasteiger partial charge in [-0.05, 0) is 43.7 Å². The monoisotopic (exact) mass is 272 g/mol. The van der Waals surface area contributed by atoms with Crippen LogP contribution in [0.3, 0.4) is 0 Å². The third-order valence-electron chi connectivity index (χ3n) is 4.08. The van der Waals surface area contributed by atoms with E-state index >= 15 is 0 Å². The van der Waals surface area contributed by atoms with Crippen LogP contribution in [0.2, 0.25) is 0 Å². The topological polar surface area (TPSA) is 41.1 Å². The molecule has 1 aliphatic carbocycles. The first-order valence-electron chi connectivity index (χ1n) is 7.52. The molecule has 0 aliphatic heterocycles. The van der Waals surface area contributed by atoms with Gasteiger partial charge in [0.15, 0.2) is 0 Å². The van der Waals surface area contributed by atoms with Crippen molar-refractivity contribution in [1.29, 1.82) is 0 Å². The summed E-state index contributed by atoms with van der Waals surface area (Å²) in [6.45, 7) is 4.19. The van der Waals surface area contributed by atoms with E-state index in [1.165, 1.54) is 31.3 Å². The van der Waals surface area contributed by atoms with Gasteiger partial charge in [0.2, 0.25) is 0 Å². The average molecular weight is 272 g/mol. The number of carbonyl (C=O) groups is 1. The smallest absolute Gasteiger partial charge is 0.314 e. The summed E-state index contributed by atoms with van der Waals surface area (Å²) in [6.07, 6.45) is 7.90. The van der Waals surface area contributed by atoms with Crippen LogP contribution in [0.1, 0.15) is 45.1 Å². The highest BCUT2D eigenvalue weighted by Crippen LogP contribution is 2.30. The van der Waals surface area contributed by atoms with Gasteiger partial charge in [-0.2, -0.15) is 0 Å². The normalized spacial score (nSPS) is 16.2. The molecule has 0 unspecified atom stereocenters. The Labute approximate surface area is 121 Å². The highest BCUT2D eigenvalue weighted by atomic mass is 16.2. The molecule has 1 aliphatic rings. The van der Waals surface area contributed by atoms with Crippen molar-refractivity contribution >= 4 is 11.7 Å². The van der Waals surface area contributed by atoms with Gasteiger partial charge >= 0.3 is 6.03 Å². The van der Waals surface area contributed by atoms with E-state index in [0.717, 1.165) is 17.7 Å². The third kappa shape index (κ3) is 3.86. The Morgan fingerprint density at radius 1 is 1.30 bits per heavy atom. The molecule has 20 heavy (non-hydrogen) atoms. The number of hydrogen-bond donors (Lipinski definition) is 2. The fourth-order valence-electron chi connectivity index (χ4n) is 2.79. The van der Waals surface area contributed by atoms with Gasteiger partial charge in [0, 0.05) is 11.9 Å². The van der Waals surface area contributed by atoms with E-state index in [2.05, 4.69) is 24.5 Å². The van der Waals surface area contributed by atoms with Crippen LogP contribution in [0.5, 0.6) is 0 Å². The molecule has 1 aromatic rings. The van der Waals surface area contributed by atoms with E-state index in [1.807, 2.05) is 30.5 Å². The van der Waals surface area contributed by atoms with Crippen LogP contribution in [0.25, 0.3) is 0 Å². The van der Waals surface area contributed by atoms with E-state index in [-0.39, 0.29) is 6.03 Å². The number of hydrogen-bond acceptors (Lipinski definition) is 1. The maximum atomic E-state index is 11.9. The summed E-state index contributed by atoms with van der Waals surface area (Å²) in [5.74, 6) is 0.651. The predicted molar refractivity (Wildman–Crippen MR) is 83.7 cm³/mol. The molecule has 2 rings (SSSR count). The lowest BCUT2D eigenvalue weighted by molar-refractivity contribution is 0.255. The Balaban J connectivity index is 1.90. The average Bonchev–Trinajstić information content (AvgIpc) is 2.99. The molecule has 0 saturated heterocycles. The number of para-hydroxylation sites is 1. The van der Waals surface area contributed by atoms with E-state index in [0.29, 0.717) is 5.92 Å². The second-order valence-corrected chi connectivity index (χ2v) is 5.48. The fraction of sp³-hybridized carbons (Fsp3) is 0.471. The molecule has 3 heteroatoms. The summed E-state index contributed by atoms with van der Waals surface area (Å²) in [7, 11) is 0. The number of nitrogens with one attached hydrogen (secondary N) is 2. The summed E-state index contributed by atoms with van der Waals surface area (Å²) in [5, 5.41) is 5.76. The number of anilines is 1. The van der Waals surface area contributed by atoms with Crippen molar-refractivity contribution < 1.29 is 4.79 Å². The Kier molecular flexibility index (Phi) is 5.22. The SMILES string of the molecule is CCc1ccccc1NC(=O)N/C=C(\C)C1CCCC1. The molecule has 0 aromatic heterocycles. The van der Waals surface area contributed by atoms with Crippen LogP contribution in [0.4, 0.5) is 10.5 Å². The summed E-state index contributed by atoms with van der Waals surface area (Å²) in [5.41, 5.74) is 3.32. The molecule has 1 fully saturated rings. The van der Waals surface area contributed by atoms with Gasteiger partial charge in [0.25, 0.3) is 0 Å². The Morgan fingerprint density at radius 2 is 2.00 bits per heavy atom. The second kappa shape index (κ2) is 7.13. The van der Waals surface area contributed by atoms with Crippen molar-refractivity contribution in [1.82, 2.24) is 5.32 Å². The zero-order valence-corrected chi connectivity index (χ0v) is 12.4. The van der Waals surface area contributed by atoms with Crippen LogP contribution in [0, 0.1) is 5.92 Å². The van der Waals surface area contributed by atoms with Crippen LogP contribution < -0.4 is 10.6 Å². The molecule has 0 atom stereocenters. The lowest BCUT2D eigenvalue weighted by Gasteiger charge is -2.12. The largest absolute Gasteiger partial charge is 0.323 e. The number of carbonyl (C=O) groups excluding carboxylic acids is 1. The fourth-order valence-corrected chi connectivity index (χ4v) is 2.79. The minimum Gasteiger partial charge on any atom is -0.314 e. The molecule has 0 bridgehead atoms. The van der Waals surface area contributed by atoms with Gasteiger partial charge in [-0.25, -0.2) is 4.79 Å². The van der Waals surface area contributed by atoms with Crippen LogP contribution >= 0.6 is 0 Å². The number of aryl methyl sites for hydroxylation is 1. The maximum absolute atomic E-state index is 11.9. The van der Waals surface area contributed by atoms with Crippen LogP contribution in [-0.2, 0) is 6.42 Å². The van der Waals surface area contributed by atoms with E-state index in [1.54, 1.807) is 0 Å². The highest BCUT2D eigenvalue weighted by molar-refractivity contribution is 5.90. The number of benzene rings is 1. The second-order valence-electron chi connectivity index (χ2n) is 5.48. The molecule has 0 heterocycles. The minimum atomic E-state index is -0.164. The summed E-state index contributed by atoms with van der Waals surface area (Å²) in [6, 6.07) is 7.74. The molecule has 1 saturated carbocycles. The zero-order valence-electron chi connectivity index (χ0n) is 12.4. The van der Waals surface area contributed by atoms with Crippen molar-refractivity contribution in [2.24, 2.45) is 5.92 Å². The molecule has 2 amide bonds. The summed E-state index contributed by atoms with van der Waals surface area (Å²) >= 11 is 0. The summed E-state index contributed by atoms with van der Waals surface area (Å²) < 4.78 is 0. The summed E-state index contributed by atoms with van der Waals surface area (Å²) in [4.78, 5) is 11.9. The maximum Gasteiger partial charge on any atom is 0.323 e. The highest BCUT2D eigenvalue weighted by Gasteiger charge is 2.16. The quantitative estimate of drug-likeness (QED) is 0.834. The lowest BCUT2D eigenvalue weighted by atomic mass is 10.0. The molecule has 0 radical (unpaired) electrons. The first-order chi connectivity index (χ1) is 9.70. The Bertz CT molecular complexity index is 488. The van der Waals surface area contributed by atoms with Crippen molar-refractivity contribution in [2.45, 2.75) is 46.0 Å². The number of allylic oxidation sites excluding steroid dienone is 1. The van der Waals surface area contributed by atoms with E-state index < -0.39 is 0 Å². The Hall–Kier alpha value is -1.77. The van der Waals surface area contributed by atoms with Gasteiger partial charge in [-0.3, -0.25) is 0 Å². The predicted octanol–water partition coefficient (Wildman–Crippen LogP) is 4.46. The van der Waals surface area contributed by atoms with Gasteiger partial charge in [0.05, 0.1) is 0 Å². The standard InChI is InChI=1S/C17H24N2O/c1-3-14-8-6-7-11-16(14)19-17(20)18-12-13(2)15-9-4-5-10-15/h6-8,11-12,15H,3-5,9-10H2,1-2H3,(H2,18,19,20)/b13-12+. The third-order valence-corrected chi connectivity index (χ3v) is 4.08. The van der Waals surface area contributed by atoms with Gasteiger partial charge < -0.3 is 10.6 Å². The van der Waals surface area contributed by atoms with Crippen LogP contribution in [0.15, 0.2) is 36.0 Å². The van der Waals surface area contributed by atoms with Crippen molar-refractivity contribution in [3.8, 4) is 0 Å². The minimum absolute atomic E-state index is 0.164. The molecular weight excluding hydrogens is 248 g/mol. The molecule has 0 spiro atoms. The first kappa shape index (κ1) is 14.6. The van der Waals surface area contributed by atoms with Gasteiger partial charge in [-0.15, -0.1) is 0 Å². The van der Waals surface area contributed by atoms with Crippen LogP contribution in [-0.4, -0.2) is 6.03 Å². The molecular formula is C17H24N2O. The van der Waals surface area contributed by atoms with Crippen molar-refractivity contribution in [3.05, 3.63) is 41.6 Å². The number of rotatable bonds is 4. The molecule has 1 aromatic carbocycles. The van der Waals surface area contributed by atoms with E-state index in [9.17, 15) is 4.79 Å². The molecule has 3 nitrogen and oxygen atoms in total. The molecule has 2 N–H and O–H groups in total. The van der Waals surface area contributed by atoms with Crippen molar-refractivity contribution in [3.63, 3.8) is 0 Å². The van der Waals surface area contributed by atoms with Crippen molar-refractivity contribution in [2.75, 3.05) is 5.32 Å². The van der Waals surface area contributed by atoms with Gasteiger partial charge in [0.1, 0.15) is 0 Å². The number of urea groups is 1. The molecule has 108 valence electrons. The first-order valence-corrected chi connectivity index (χ1v) is 7.52. The number of amides is 2. The lowest BCUT2D eigenvalue weighted by Crippen LogP contribution is -2.25. The van der Waals surface area contributed by atoms with E-state index in [4.69, 9.17) is 0 Å². The zero-order chi connectivity index (χ0) is 14.4. The Morgan fingerprint density at radius 3 is 2.70 bits per heavy atom.